The fourth-order valence-electron chi connectivity index (χ4n) is 3.06. The van der Waals surface area contributed by atoms with Crippen LogP contribution in [0.3, 0.4) is 0 Å². The number of hydrogen-bond donors (Lipinski definition) is 0. The highest BCUT2D eigenvalue weighted by Crippen LogP contribution is 2.36. The van der Waals surface area contributed by atoms with Gasteiger partial charge in [-0.3, -0.25) is 0 Å². The normalized spacial score (nSPS) is 18.7. The molecule has 0 aliphatic carbocycles. The van der Waals surface area contributed by atoms with Gasteiger partial charge in [0.1, 0.15) is 11.6 Å². The molecular weight excluding hydrogens is 329 g/mol. The maximum atomic E-state index is 13.1. The summed E-state index contributed by atoms with van der Waals surface area (Å²) in [5.41, 5.74) is 0.823. The Hall–Kier alpha value is -1.92. The SMILES string of the molecule is CCOc1ccc(S(=O)(=O)N2CCCC2c2ccc(F)cc2)cc1. The van der Waals surface area contributed by atoms with Crippen LogP contribution in [0.4, 0.5) is 4.39 Å². The molecule has 2 aromatic rings. The zero-order valence-electron chi connectivity index (χ0n) is 13.5. The number of halogens is 1. The number of rotatable bonds is 5. The van der Waals surface area contributed by atoms with E-state index in [1.807, 2.05) is 6.92 Å². The third-order valence-corrected chi connectivity index (χ3v) is 6.12. The minimum atomic E-state index is -3.59. The molecule has 1 heterocycles. The first-order valence-electron chi connectivity index (χ1n) is 8.02. The Morgan fingerprint density at radius 3 is 2.42 bits per heavy atom. The van der Waals surface area contributed by atoms with Crippen molar-refractivity contribution in [1.82, 2.24) is 4.31 Å². The van der Waals surface area contributed by atoms with Crippen molar-refractivity contribution in [2.24, 2.45) is 0 Å². The first-order valence-corrected chi connectivity index (χ1v) is 9.46. The predicted molar refractivity (Wildman–Crippen MR) is 89.9 cm³/mol. The molecule has 24 heavy (non-hydrogen) atoms. The number of benzene rings is 2. The van der Waals surface area contributed by atoms with E-state index in [4.69, 9.17) is 4.74 Å². The van der Waals surface area contributed by atoms with Gasteiger partial charge in [0.2, 0.25) is 10.0 Å². The topological polar surface area (TPSA) is 46.6 Å². The average Bonchev–Trinajstić information content (AvgIpc) is 3.07. The lowest BCUT2D eigenvalue weighted by Gasteiger charge is -2.24. The summed E-state index contributed by atoms with van der Waals surface area (Å²) in [6.45, 7) is 2.88. The van der Waals surface area contributed by atoms with E-state index in [1.165, 1.54) is 16.4 Å². The lowest BCUT2D eigenvalue weighted by Crippen LogP contribution is -2.30. The van der Waals surface area contributed by atoms with Gasteiger partial charge in [0.15, 0.2) is 0 Å². The largest absolute Gasteiger partial charge is 0.494 e. The molecule has 1 aliphatic heterocycles. The molecule has 0 radical (unpaired) electrons. The van der Waals surface area contributed by atoms with Crippen LogP contribution < -0.4 is 4.74 Å². The second-order valence-electron chi connectivity index (χ2n) is 5.73. The van der Waals surface area contributed by atoms with E-state index in [-0.39, 0.29) is 16.8 Å². The Kier molecular flexibility index (Phi) is 4.87. The highest BCUT2D eigenvalue weighted by Gasteiger charge is 2.36. The molecule has 0 bridgehead atoms. The van der Waals surface area contributed by atoms with Gasteiger partial charge in [-0.2, -0.15) is 4.31 Å². The van der Waals surface area contributed by atoms with E-state index >= 15 is 0 Å². The van der Waals surface area contributed by atoms with Crippen molar-refractivity contribution in [3.63, 3.8) is 0 Å². The van der Waals surface area contributed by atoms with E-state index in [1.54, 1.807) is 36.4 Å². The van der Waals surface area contributed by atoms with Gasteiger partial charge in [0.05, 0.1) is 17.5 Å². The summed E-state index contributed by atoms with van der Waals surface area (Å²) in [6, 6.07) is 12.3. The molecule has 1 atom stereocenters. The third kappa shape index (κ3) is 3.30. The standard InChI is InChI=1S/C18H20FNO3S/c1-2-23-16-9-11-17(12-10-16)24(21,22)20-13-3-4-18(20)14-5-7-15(19)8-6-14/h5-12,18H,2-4,13H2,1H3. The summed E-state index contributed by atoms with van der Waals surface area (Å²) in [5.74, 6) is 0.325. The summed E-state index contributed by atoms with van der Waals surface area (Å²) in [6.07, 6.45) is 1.53. The second-order valence-corrected chi connectivity index (χ2v) is 7.62. The Bertz CT molecular complexity index is 788. The Morgan fingerprint density at radius 1 is 1.12 bits per heavy atom. The minimum absolute atomic E-state index is 0.248. The quantitative estimate of drug-likeness (QED) is 0.826. The van der Waals surface area contributed by atoms with Gasteiger partial charge < -0.3 is 4.74 Å². The molecule has 3 rings (SSSR count). The van der Waals surface area contributed by atoms with Crippen molar-refractivity contribution >= 4 is 10.0 Å². The molecule has 0 amide bonds. The van der Waals surface area contributed by atoms with Crippen molar-refractivity contribution in [1.29, 1.82) is 0 Å². The van der Waals surface area contributed by atoms with Crippen LogP contribution in [0.25, 0.3) is 0 Å². The van der Waals surface area contributed by atoms with Gasteiger partial charge in [-0.25, -0.2) is 12.8 Å². The number of hydrogen-bond acceptors (Lipinski definition) is 3. The van der Waals surface area contributed by atoms with Crippen LogP contribution in [0.15, 0.2) is 53.4 Å². The predicted octanol–water partition coefficient (Wildman–Crippen LogP) is 3.75. The molecule has 0 N–H and O–H groups in total. The molecule has 1 fully saturated rings. The van der Waals surface area contributed by atoms with E-state index < -0.39 is 10.0 Å². The van der Waals surface area contributed by atoms with Gasteiger partial charge in [0, 0.05) is 6.54 Å². The van der Waals surface area contributed by atoms with Crippen LogP contribution >= 0.6 is 0 Å². The highest BCUT2D eigenvalue weighted by atomic mass is 32.2. The highest BCUT2D eigenvalue weighted by molar-refractivity contribution is 7.89. The van der Waals surface area contributed by atoms with E-state index in [9.17, 15) is 12.8 Å². The average molecular weight is 349 g/mol. The molecule has 0 spiro atoms. The van der Waals surface area contributed by atoms with E-state index in [0.717, 1.165) is 18.4 Å². The maximum absolute atomic E-state index is 13.1. The number of ether oxygens (including phenoxy) is 1. The lowest BCUT2D eigenvalue weighted by molar-refractivity contribution is 0.340. The monoisotopic (exact) mass is 349 g/mol. The summed E-state index contributed by atoms with van der Waals surface area (Å²) >= 11 is 0. The number of sulfonamides is 1. The van der Waals surface area contributed by atoms with Gasteiger partial charge in [-0.15, -0.1) is 0 Å². The molecule has 6 heteroatoms. The van der Waals surface area contributed by atoms with Crippen molar-refractivity contribution in [2.45, 2.75) is 30.7 Å². The molecular formula is C18H20FNO3S. The van der Waals surface area contributed by atoms with Crippen LogP contribution in [0.5, 0.6) is 5.75 Å². The third-order valence-electron chi connectivity index (χ3n) is 4.20. The molecule has 0 saturated carbocycles. The Labute approximate surface area is 141 Å². The summed E-state index contributed by atoms with van der Waals surface area (Å²) < 4.78 is 45.9. The van der Waals surface area contributed by atoms with Crippen molar-refractivity contribution < 1.29 is 17.5 Å². The molecule has 1 aliphatic rings. The number of nitrogens with zero attached hydrogens (tertiary/aromatic N) is 1. The van der Waals surface area contributed by atoms with E-state index in [0.29, 0.717) is 18.9 Å². The first kappa shape index (κ1) is 16.9. The maximum Gasteiger partial charge on any atom is 0.243 e. The second kappa shape index (κ2) is 6.91. The summed E-state index contributed by atoms with van der Waals surface area (Å²) in [4.78, 5) is 0.250. The molecule has 128 valence electrons. The molecule has 2 aromatic carbocycles. The molecule has 0 aromatic heterocycles. The summed E-state index contributed by atoms with van der Waals surface area (Å²) in [5, 5.41) is 0. The van der Waals surface area contributed by atoms with Gasteiger partial charge >= 0.3 is 0 Å². The van der Waals surface area contributed by atoms with Crippen LogP contribution in [-0.4, -0.2) is 25.9 Å². The van der Waals surface area contributed by atoms with Gasteiger partial charge in [-0.05, 0) is 61.7 Å². The summed E-state index contributed by atoms with van der Waals surface area (Å²) in [7, 11) is -3.59. The van der Waals surface area contributed by atoms with Gasteiger partial charge in [0.25, 0.3) is 0 Å². The zero-order chi connectivity index (χ0) is 17.2. The fourth-order valence-corrected chi connectivity index (χ4v) is 4.74. The molecule has 4 nitrogen and oxygen atoms in total. The Balaban J connectivity index is 1.88. The minimum Gasteiger partial charge on any atom is -0.494 e. The first-order chi connectivity index (χ1) is 11.5. The van der Waals surface area contributed by atoms with Crippen LogP contribution in [0.1, 0.15) is 31.4 Å². The van der Waals surface area contributed by atoms with E-state index in [2.05, 4.69) is 0 Å². The molecule has 1 saturated heterocycles. The zero-order valence-corrected chi connectivity index (χ0v) is 14.3. The van der Waals surface area contributed by atoms with Crippen molar-refractivity contribution in [3.05, 3.63) is 59.9 Å². The van der Waals surface area contributed by atoms with Crippen LogP contribution in [-0.2, 0) is 10.0 Å². The van der Waals surface area contributed by atoms with Crippen LogP contribution in [0, 0.1) is 5.82 Å². The lowest BCUT2D eigenvalue weighted by atomic mass is 10.1. The Morgan fingerprint density at radius 2 is 1.79 bits per heavy atom. The van der Waals surface area contributed by atoms with Crippen molar-refractivity contribution in [2.75, 3.05) is 13.2 Å². The molecule has 1 unspecified atom stereocenters. The van der Waals surface area contributed by atoms with Gasteiger partial charge in [-0.1, -0.05) is 12.1 Å². The van der Waals surface area contributed by atoms with Crippen LogP contribution in [0.2, 0.25) is 0 Å². The smallest absolute Gasteiger partial charge is 0.243 e. The fraction of sp³-hybridized carbons (Fsp3) is 0.333. The van der Waals surface area contributed by atoms with Crippen molar-refractivity contribution in [3.8, 4) is 5.75 Å².